The summed E-state index contributed by atoms with van der Waals surface area (Å²) in [6.07, 6.45) is 0.721. The molecule has 0 aliphatic carbocycles. The number of nitrogens with one attached hydrogen (secondary N) is 2. The van der Waals surface area contributed by atoms with Crippen molar-refractivity contribution in [3.8, 4) is 0 Å². The molecule has 2 aromatic rings. The number of hydrogen-bond acceptors (Lipinski definition) is 3. The number of aromatic nitrogens is 1. The lowest BCUT2D eigenvalue weighted by molar-refractivity contribution is 0.372. The van der Waals surface area contributed by atoms with Gasteiger partial charge in [-0.1, -0.05) is 31.1 Å². The van der Waals surface area contributed by atoms with Crippen molar-refractivity contribution in [2.24, 2.45) is 4.99 Å². The van der Waals surface area contributed by atoms with E-state index in [1.807, 2.05) is 12.1 Å². The lowest BCUT2D eigenvalue weighted by atomic mass is 10.1. The lowest BCUT2D eigenvalue weighted by Crippen LogP contribution is -2.37. The molecule has 0 spiro atoms. The van der Waals surface area contributed by atoms with E-state index in [2.05, 4.69) is 34.6 Å². The molecule has 5 nitrogen and oxygen atoms in total. The van der Waals surface area contributed by atoms with Gasteiger partial charge in [0.05, 0.1) is 12.2 Å². The highest BCUT2D eigenvalue weighted by Gasteiger charge is 2.08. The number of guanidine groups is 1. The van der Waals surface area contributed by atoms with E-state index < -0.39 is 0 Å². The van der Waals surface area contributed by atoms with Gasteiger partial charge in [-0.3, -0.25) is 4.99 Å². The Morgan fingerprint density at radius 1 is 1.30 bits per heavy atom. The van der Waals surface area contributed by atoms with Crippen molar-refractivity contribution in [1.82, 2.24) is 15.8 Å². The third-order valence-corrected chi connectivity index (χ3v) is 3.42. The Hall–Kier alpha value is -2.37. The van der Waals surface area contributed by atoms with E-state index in [9.17, 15) is 4.39 Å². The van der Waals surface area contributed by atoms with Crippen molar-refractivity contribution in [2.75, 3.05) is 13.6 Å². The molecule has 0 aliphatic heterocycles. The van der Waals surface area contributed by atoms with Crippen LogP contribution >= 0.6 is 0 Å². The molecule has 0 radical (unpaired) electrons. The van der Waals surface area contributed by atoms with Crippen LogP contribution in [0.5, 0.6) is 0 Å². The zero-order valence-electron chi connectivity index (χ0n) is 13.8. The van der Waals surface area contributed by atoms with Crippen molar-refractivity contribution in [3.05, 3.63) is 53.2 Å². The van der Waals surface area contributed by atoms with E-state index in [0.717, 1.165) is 23.4 Å². The number of halogens is 1. The van der Waals surface area contributed by atoms with Gasteiger partial charge in [0, 0.05) is 19.7 Å². The van der Waals surface area contributed by atoms with Gasteiger partial charge in [0.25, 0.3) is 0 Å². The van der Waals surface area contributed by atoms with Crippen LogP contribution < -0.4 is 10.6 Å². The Morgan fingerprint density at radius 2 is 2.13 bits per heavy atom. The van der Waals surface area contributed by atoms with E-state index in [1.165, 1.54) is 6.07 Å². The van der Waals surface area contributed by atoms with Crippen LogP contribution in [0.3, 0.4) is 0 Å². The maximum Gasteiger partial charge on any atom is 0.191 e. The summed E-state index contributed by atoms with van der Waals surface area (Å²) in [5.74, 6) is 1.57. The third kappa shape index (κ3) is 5.39. The maximum absolute atomic E-state index is 13.1. The Kier molecular flexibility index (Phi) is 6.14. The third-order valence-electron chi connectivity index (χ3n) is 3.42. The molecule has 2 rings (SSSR count). The van der Waals surface area contributed by atoms with Gasteiger partial charge in [0.1, 0.15) is 5.82 Å². The van der Waals surface area contributed by atoms with Crippen LogP contribution in [-0.2, 0) is 13.0 Å². The standard InChI is InChI=1S/C17H23FN4O/c1-12(2)16-10-15(23-22-16)11-21-17(19-3)20-8-7-13-5-4-6-14(18)9-13/h4-6,9-10,12H,7-8,11H2,1-3H3,(H2,19,20,21). The molecule has 0 saturated carbocycles. The van der Waals surface area contributed by atoms with Crippen molar-refractivity contribution in [1.29, 1.82) is 0 Å². The van der Waals surface area contributed by atoms with E-state index >= 15 is 0 Å². The molecule has 2 N–H and O–H groups in total. The van der Waals surface area contributed by atoms with E-state index in [4.69, 9.17) is 4.52 Å². The van der Waals surface area contributed by atoms with Crippen LogP contribution in [0.15, 0.2) is 39.8 Å². The molecule has 0 bridgehead atoms. The van der Waals surface area contributed by atoms with Crippen LogP contribution in [0.25, 0.3) is 0 Å². The van der Waals surface area contributed by atoms with Crippen molar-refractivity contribution in [3.63, 3.8) is 0 Å². The highest BCUT2D eigenvalue weighted by molar-refractivity contribution is 5.79. The Balaban J connectivity index is 1.77. The average Bonchev–Trinajstić information content (AvgIpc) is 3.00. The van der Waals surface area contributed by atoms with Gasteiger partial charge in [-0.2, -0.15) is 0 Å². The summed E-state index contributed by atoms with van der Waals surface area (Å²) in [4.78, 5) is 4.15. The van der Waals surface area contributed by atoms with Crippen LogP contribution in [0.2, 0.25) is 0 Å². The monoisotopic (exact) mass is 318 g/mol. The first kappa shape index (κ1) is 17.0. The van der Waals surface area contributed by atoms with Gasteiger partial charge in [0.15, 0.2) is 11.7 Å². The quantitative estimate of drug-likeness (QED) is 0.635. The number of nitrogens with zero attached hydrogens (tertiary/aromatic N) is 2. The average molecular weight is 318 g/mol. The highest BCUT2D eigenvalue weighted by Crippen LogP contribution is 2.13. The summed E-state index contributed by atoms with van der Waals surface area (Å²) in [6, 6.07) is 8.55. The molecule has 1 aromatic heterocycles. The molecule has 0 aliphatic rings. The zero-order valence-corrected chi connectivity index (χ0v) is 13.8. The largest absolute Gasteiger partial charge is 0.359 e. The molecule has 0 fully saturated rings. The second kappa shape index (κ2) is 8.31. The smallest absolute Gasteiger partial charge is 0.191 e. The minimum Gasteiger partial charge on any atom is -0.359 e. The molecule has 0 atom stereocenters. The van der Waals surface area contributed by atoms with Crippen molar-refractivity contribution >= 4 is 5.96 Å². The lowest BCUT2D eigenvalue weighted by Gasteiger charge is -2.10. The summed E-state index contributed by atoms with van der Waals surface area (Å²) < 4.78 is 18.4. The van der Waals surface area contributed by atoms with Gasteiger partial charge in [-0.15, -0.1) is 0 Å². The van der Waals surface area contributed by atoms with Crippen LogP contribution in [0, 0.1) is 5.82 Å². The predicted molar refractivity (Wildman–Crippen MR) is 88.9 cm³/mol. The second-order valence-corrected chi connectivity index (χ2v) is 5.61. The van der Waals surface area contributed by atoms with Gasteiger partial charge in [-0.25, -0.2) is 4.39 Å². The van der Waals surface area contributed by atoms with Crippen molar-refractivity contribution < 1.29 is 8.91 Å². The highest BCUT2D eigenvalue weighted by atomic mass is 19.1. The molecular weight excluding hydrogens is 295 g/mol. The van der Waals surface area contributed by atoms with Crippen LogP contribution in [0.1, 0.15) is 36.8 Å². The summed E-state index contributed by atoms with van der Waals surface area (Å²) in [5.41, 5.74) is 1.89. The Bertz CT molecular complexity index is 652. The van der Waals surface area contributed by atoms with Crippen LogP contribution in [-0.4, -0.2) is 24.7 Å². The molecule has 124 valence electrons. The van der Waals surface area contributed by atoms with E-state index in [0.29, 0.717) is 25.0 Å². The first-order chi connectivity index (χ1) is 11.1. The fraction of sp³-hybridized carbons (Fsp3) is 0.412. The molecule has 1 heterocycles. The van der Waals surface area contributed by atoms with E-state index in [-0.39, 0.29) is 5.82 Å². The van der Waals surface area contributed by atoms with Gasteiger partial charge >= 0.3 is 0 Å². The summed E-state index contributed by atoms with van der Waals surface area (Å²) in [6.45, 7) is 5.32. The first-order valence-corrected chi connectivity index (χ1v) is 7.73. The molecule has 23 heavy (non-hydrogen) atoms. The minimum atomic E-state index is -0.212. The number of rotatable bonds is 6. The maximum atomic E-state index is 13.1. The summed E-state index contributed by atoms with van der Waals surface area (Å²) in [7, 11) is 1.71. The normalized spacial score (nSPS) is 11.8. The SMILES string of the molecule is CN=C(NCCc1cccc(F)c1)NCc1cc(C(C)C)no1. The fourth-order valence-corrected chi connectivity index (χ4v) is 2.09. The molecule has 0 unspecified atom stereocenters. The topological polar surface area (TPSA) is 62.5 Å². The van der Waals surface area contributed by atoms with Gasteiger partial charge < -0.3 is 15.2 Å². The van der Waals surface area contributed by atoms with Crippen LogP contribution in [0.4, 0.5) is 4.39 Å². The summed E-state index contributed by atoms with van der Waals surface area (Å²) in [5, 5.41) is 10.4. The van der Waals surface area contributed by atoms with Crippen molar-refractivity contribution in [2.45, 2.75) is 32.7 Å². The zero-order chi connectivity index (χ0) is 16.7. The Morgan fingerprint density at radius 3 is 2.78 bits per heavy atom. The fourth-order valence-electron chi connectivity index (χ4n) is 2.09. The summed E-state index contributed by atoms with van der Waals surface area (Å²) >= 11 is 0. The predicted octanol–water partition coefficient (Wildman–Crippen LogP) is 2.84. The number of aliphatic imine (C=N–C) groups is 1. The molecule has 0 amide bonds. The second-order valence-electron chi connectivity index (χ2n) is 5.61. The first-order valence-electron chi connectivity index (χ1n) is 7.73. The van der Waals surface area contributed by atoms with Gasteiger partial charge in [-0.05, 0) is 30.0 Å². The molecule has 0 saturated heterocycles. The van der Waals surface area contributed by atoms with Gasteiger partial charge in [0.2, 0.25) is 0 Å². The molecular formula is C17H23FN4O. The minimum absolute atomic E-state index is 0.212. The number of benzene rings is 1. The number of hydrogen-bond donors (Lipinski definition) is 2. The molecule has 6 heteroatoms. The Labute approximate surface area is 136 Å². The van der Waals surface area contributed by atoms with E-state index in [1.54, 1.807) is 19.2 Å². The molecule has 1 aromatic carbocycles.